The Hall–Kier alpha value is -1.63. The van der Waals surface area contributed by atoms with Crippen molar-refractivity contribution in [1.29, 1.82) is 0 Å². The lowest BCUT2D eigenvalue weighted by Gasteiger charge is -2.37. The van der Waals surface area contributed by atoms with Gasteiger partial charge in [0.15, 0.2) is 5.78 Å². The lowest BCUT2D eigenvalue weighted by Crippen LogP contribution is -2.45. The van der Waals surface area contributed by atoms with Crippen molar-refractivity contribution in [2.45, 2.75) is 64.7 Å². The first-order valence-electron chi connectivity index (χ1n) is 8.58. The second-order valence-corrected chi connectivity index (χ2v) is 7.03. The highest BCUT2D eigenvalue weighted by Crippen LogP contribution is 2.31. The van der Waals surface area contributed by atoms with Gasteiger partial charge in [-0.05, 0) is 12.8 Å². The number of ketones is 1. The van der Waals surface area contributed by atoms with E-state index in [4.69, 9.17) is 14.2 Å². The maximum atomic E-state index is 12.2. The molecule has 0 aromatic carbocycles. The number of hydrogen-bond acceptors (Lipinski definition) is 6. The Morgan fingerprint density at radius 3 is 2.58 bits per heavy atom. The summed E-state index contributed by atoms with van der Waals surface area (Å²) in [5.74, 6) is -0.347. The molecule has 0 aromatic heterocycles. The van der Waals surface area contributed by atoms with E-state index in [2.05, 4.69) is 0 Å². The van der Waals surface area contributed by atoms with Crippen LogP contribution >= 0.6 is 0 Å². The van der Waals surface area contributed by atoms with Crippen LogP contribution in [0.1, 0.15) is 52.4 Å². The molecule has 2 rings (SSSR count). The van der Waals surface area contributed by atoms with Crippen LogP contribution in [0.5, 0.6) is 0 Å². The molecular weight excluding hydrogens is 314 g/mol. The van der Waals surface area contributed by atoms with Gasteiger partial charge in [-0.25, -0.2) is 4.79 Å². The highest BCUT2D eigenvalue weighted by atomic mass is 16.7. The van der Waals surface area contributed by atoms with E-state index >= 15 is 0 Å². The standard InChI is InChI=1S/C17H27NO6/c1-4-15(23-14(20)9-17(2)10-22-11-17)24-16(21)18(3)12-7-5-6-8-13(12)19/h12,15H,4-11H2,1-3H3. The van der Waals surface area contributed by atoms with Gasteiger partial charge in [-0.2, -0.15) is 0 Å². The number of amides is 1. The molecule has 0 bridgehead atoms. The van der Waals surface area contributed by atoms with Gasteiger partial charge in [0.2, 0.25) is 6.29 Å². The number of Topliss-reactive ketones (excluding diaryl/α,β-unsaturated/α-hetero) is 1. The molecule has 0 aromatic rings. The molecule has 1 aliphatic carbocycles. The first-order valence-corrected chi connectivity index (χ1v) is 8.58. The zero-order chi connectivity index (χ0) is 17.7. The summed E-state index contributed by atoms with van der Waals surface area (Å²) in [6.07, 6.45) is 1.96. The SMILES string of the molecule is CCC(OC(=O)CC1(C)COC1)OC(=O)N(C)C1CCCCC1=O. The van der Waals surface area contributed by atoms with E-state index in [0.717, 1.165) is 12.8 Å². The lowest BCUT2D eigenvalue weighted by molar-refractivity contribution is -0.181. The van der Waals surface area contributed by atoms with Crippen LogP contribution in [-0.2, 0) is 23.8 Å². The zero-order valence-electron chi connectivity index (χ0n) is 14.7. The summed E-state index contributed by atoms with van der Waals surface area (Å²) in [4.78, 5) is 37.5. The summed E-state index contributed by atoms with van der Waals surface area (Å²) in [6, 6.07) is -0.439. The molecule has 2 atom stereocenters. The molecule has 2 fully saturated rings. The Labute approximate surface area is 142 Å². The zero-order valence-corrected chi connectivity index (χ0v) is 14.7. The third-order valence-electron chi connectivity index (χ3n) is 4.58. The van der Waals surface area contributed by atoms with Gasteiger partial charge in [0.05, 0.1) is 25.7 Å². The quantitative estimate of drug-likeness (QED) is 0.544. The first kappa shape index (κ1) is 18.7. The minimum atomic E-state index is -0.935. The maximum Gasteiger partial charge on any atom is 0.413 e. The number of likely N-dealkylation sites (N-methyl/N-ethyl adjacent to an activating group) is 1. The predicted octanol–water partition coefficient (Wildman–Crippen LogP) is 2.27. The Bertz CT molecular complexity index is 487. The molecule has 1 heterocycles. The Kier molecular flexibility index (Phi) is 6.21. The van der Waals surface area contributed by atoms with E-state index in [9.17, 15) is 14.4 Å². The van der Waals surface area contributed by atoms with Crippen molar-refractivity contribution in [3.63, 3.8) is 0 Å². The van der Waals surface area contributed by atoms with Crippen LogP contribution in [0.25, 0.3) is 0 Å². The van der Waals surface area contributed by atoms with Crippen LogP contribution in [-0.4, -0.2) is 55.3 Å². The lowest BCUT2D eigenvalue weighted by atomic mass is 9.85. The molecule has 1 saturated carbocycles. The highest BCUT2D eigenvalue weighted by Gasteiger charge is 2.37. The summed E-state index contributed by atoms with van der Waals surface area (Å²) in [5, 5.41) is 0. The van der Waals surface area contributed by atoms with Gasteiger partial charge in [-0.15, -0.1) is 0 Å². The molecule has 0 radical (unpaired) electrons. The van der Waals surface area contributed by atoms with Gasteiger partial charge in [0.1, 0.15) is 0 Å². The van der Waals surface area contributed by atoms with Gasteiger partial charge in [-0.3, -0.25) is 9.59 Å². The Morgan fingerprint density at radius 1 is 1.33 bits per heavy atom. The van der Waals surface area contributed by atoms with Crippen molar-refractivity contribution >= 4 is 17.8 Å². The van der Waals surface area contributed by atoms with Crippen LogP contribution in [0.2, 0.25) is 0 Å². The van der Waals surface area contributed by atoms with E-state index in [0.29, 0.717) is 32.5 Å². The molecule has 0 spiro atoms. The Balaban J connectivity index is 1.83. The second kappa shape index (κ2) is 7.96. The molecule has 1 amide bonds. The minimum Gasteiger partial charge on any atom is -0.425 e. The van der Waals surface area contributed by atoms with E-state index < -0.39 is 24.4 Å². The summed E-state index contributed by atoms with van der Waals surface area (Å²) in [5.41, 5.74) is -0.190. The van der Waals surface area contributed by atoms with Crippen LogP contribution in [0.3, 0.4) is 0 Å². The smallest absolute Gasteiger partial charge is 0.413 e. The maximum absolute atomic E-state index is 12.2. The normalized spacial score (nSPS) is 23.8. The molecule has 1 aliphatic heterocycles. The van der Waals surface area contributed by atoms with Crippen LogP contribution in [0.4, 0.5) is 4.79 Å². The third kappa shape index (κ3) is 4.69. The number of ether oxygens (including phenoxy) is 3. The average Bonchev–Trinajstić information content (AvgIpc) is 2.52. The molecule has 0 N–H and O–H groups in total. The van der Waals surface area contributed by atoms with Gasteiger partial charge < -0.3 is 19.1 Å². The number of carbonyl (C=O) groups is 3. The number of rotatable bonds is 6. The summed E-state index contributed by atoms with van der Waals surface area (Å²) in [7, 11) is 1.55. The average molecular weight is 341 g/mol. The van der Waals surface area contributed by atoms with E-state index in [-0.39, 0.29) is 17.6 Å². The molecule has 24 heavy (non-hydrogen) atoms. The molecule has 7 nitrogen and oxygen atoms in total. The van der Waals surface area contributed by atoms with Crippen molar-refractivity contribution in [3.8, 4) is 0 Å². The van der Waals surface area contributed by atoms with Gasteiger partial charge in [0, 0.05) is 25.3 Å². The van der Waals surface area contributed by atoms with Crippen molar-refractivity contribution in [3.05, 3.63) is 0 Å². The monoisotopic (exact) mass is 341 g/mol. The van der Waals surface area contributed by atoms with Crippen molar-refractivity contribution < 1.29 is 28.6 Å². The van der Waals surface area contributed by atoms with Crippen molar-refractivity contribution in [2.75, 3.05) is 20.3 Å². The summed E-state index contributed by atoms with van der Waals surface area (Å²) in [6.45, 7) is 4.79. The number of carbonyl (C=O) groups excluding carboxylic acids is 3. The highest BCUT2D eigenvalue weighted by molar-refractivity contribution is 5.87. The van der Waals surface area contributed by atoms with Gasteiger partial charge in [0.25, 0.3) is 0 Å². The first-order chi connectivity index (χ1) is 11.3. The van der Waals surface area contributed by atoms with E-state index in [1.165, 1.54) is 4.90 Å². The number of nitrogens with zero attached hydrogens (tertiary/aromatic N) is 1. The second-order valence-electron chi connectivity index (χ2n) is 7.03. The fourth-order valence-corrected chi connectivity index (χ4v) is 2.98. The largest absolute Gasteiger partial charge is 0.425 e. The van der Waals surface area contributed by atoms with Crippen LogP contribution < -0.4 is 0 Å². The van der Waals surface area contributed by atoms with E-state index in [1.54, 1.807) is 14.0 Å². The number of hydrogen-bond donors (Lipinski definition) is 0. The molecular formula is C17H27NO6. The molecule has 2 unspecified atom stereocenters. The molecule has 136 valence electrons. The van der Waals surface area contributed by atoms with Crippen LogP contribution in [0.15, 0.2) is 0 Å². The molecule has 7 heteroatoms. The number of esters is 1. The predicted molar refractivity (Wildman–Crippen MR) is 85.2 cm³/mol. The third-order valence-corrected chi connectivity index (χ3v) is 4.58. The fourth-order valence-electron chi connectivity index (χ4n) is 2.98. The Morgan fingerprint density at radius 2 is 2.04 bits per heavy atom. The topological polar surface area (TPSA) is 82.1 Å². The minimum absolute atomic E-state index is 0.0589. The molecule has 2 aliphatic rings. The van der Waals surface area contributed by atoms with Gasteiger partial charge >= 0.3 is 12.1 Å². The summed E-state index contributed by atoms with van der Waals surface area (Å²) >= 11 is 0. The van der Waals surface area contributed by atoms with Gasteiger partial charge in [-0.1, -0.05) is 20.3 Å². The van der Waals surface area contributed by atoms with E-state index in [1.807, 2.05) is 6.92 Å². The van der Waals surface area contributed by atoms with Crippen LogP contribution in [0, 0.1) is 5.41 Å². The van der Waals surface area contributed by atoms with Crippen molar-refractivity contribution in [1.82, 2.24) is 4.90 Å². The van der Waals surface area contributed by atoms with Crippen molar-refractivity contribution in [2.24, 2.45) is 5.41 Å². The summed E-state index contributed by atoms with van der Waals surface area (Å²) < 4.78 is 15.6. The molecule has 1 saturated heterocycles. The fraction of sp³-hybridized carbons (Fsp3) is 0.824.